The predicted molar refractivity (Wildman–Crippen MR) is 64.2 cm³/mol. The number of nitrogens with zero attached hydrogens (tertiary/aromatic N) is 1. The molecule has 17 heavy (non-hydrogen) atoms. The number of aromatic amines is 1. The Labute approximate surface area is 100 Å². The molecule has 1 heterocycles. The summed E-state index contributed by atoms with van der Waals surface area (Å²) in [6.07, 6.45) is 2.18. The molecule has 0 aliphatic carbocycles. The molecule has 0 aliphatic rings. The average molecular weight is 238 g/mol. The Morgan fingerprint density at radius 3 is 2.59 bits per heavy atom. The number of H-pyrrole nitrogens is 1. The number of rotatable bonds is 4. The molecular weight excluding hydrogens is 220 g/mol. The molecule has 1 aromatic rings. The summed E-state index contributed by atoms with van der Waals surface area (Å²) in [7, 11) is 1.41. The van der Waals surface area contributed by atoms with Crippen LogP contribution in [-0.4, -0.2) is 22.9 Å². The fraction of sp³-hybridized carbons (Fsp3) is 0.583. The summed E-state index contributed by atoms with van der Waals surface area (Å²) in [6.45, 7) is 5.62. The van der Waals surface area contributed by atoms with E-state index in [1.54, 1.807) is 0 Å². The Bertz CT molecular complexity index is 458. The highest BCUT2D eigenvalue weighted by molar-refractivity contribution is 5.83. The van der Waals surface area contributed by atoms with Crippen LogP contribution in [0, 0.1) is 5.41 Å². The second-order valence-electron chi connectivity index (χ2n) is 4.90. The fourth-order valence-electron chi connectivity index (χ4n) is 1.30. The van der Waals surface area contributed by atoms with Gasteiger partial charge in [0.15, 0.2) is 0 Å². The molecule has 0 aromatic carbocycles. The van der Waals surface area contributed by atoms with E-state index in [1.807, 2.05) is 20.8 Å². The van der Waals surface area contributed by atoms with E-state index in [1.165, 1.54) is 13.3 Å². The molecule has 1 rings (SSSR count). The van der Waals surface area contributed by atoms with Crippen molar-refractivity contribution in [3.05, 3.63) is 22.4 Å². The molecular formula is C12H18N2O3. The van der Waals surface area contributed by atoms with Gasteiger partial charge in [-0.25, -0.2) is 4.98 Å². The highest BCUT2D eigenvalue weighted by atomic mass is 16.5. The number of hydrogen-bond acceptors (Lipinski definition) is 4. The molecule has 5 nitrogen and oxygen atoms in total. The number of ketones is 1. The summed E-state index contributed by atoms with van der Waals surface area (Å²) in [6, 6.07) is 0. The molecule has 0 atom stereocenters. The quantitative estimate of drug-likeness (QED) is 0.858. The van der Waals surface area contributed by atoms with E-state index in [9.17, 15) is 9.59 Å². The molecule has 0 aliphatic heterocycles. The minimum atomic E-state index is -0.354. The van der Waals surface area contributed by atoms with Crippen molar-refractivity contribution < 1.29 is 9.53 Å². The second-order valence-corrected chi connectivity index (χ2v) is 4.90. The first-order chi connectivity index (χ1) is 7.84. The van der Waals surface area contributed by atoms with Crippen LogP contribution in [-0.2, 0) is 11.2 Å². The summed E-state index contributed by atoms with van der Waals surface area (Å²) < 4.78 is 4.81. The van der Waals surface area contributed by atoms with Crippen LogP contribution in [0.2, 0.25) is 0 Å². The SMILES string of the molecule is COc1cnc(CCC(=O)C(C)(C)C)[nH]c1=O. The molecule has 94 valence electrons. The zero-order valence-corrected chi connectivity index (χ0v) is 10.7. The monoisotopic (exact) mass is 238 g/mol. The summed E-state index contributed by atoms with van der Waals surface area (Å²) in [5.74, 6) is 0.834. The molecule has 0 spiro atoms. The van der Waals surface area contributed by atoms with E-state index in [-0.39, 0.29) is 22.5 Å². The largest absolute Gasteiger partial charge is 0.490 e. The van der Waals surface area contributed by atoms with Crippen molar-refractivity contribution in [2.24, 2.45) is 5.41 Å². The van der Waals surface area contributed by atoms with Crippen LogP contribution in [0.1, 0.15) is 33.0 Å². The van der Waals surface area contributed by atoms with Gasteiger partial charge < -0.3 is 9.72 Å². The first-order valence-corrected chi connectivity index (χ1v) is 5.50. The Kier molecular flexibility index (Phi) is 4.04. The van der Waals surface area contributed by atoms with Crippen LogP contribution in [0.3, 0.4) is 0 Å². The molecule has 0 unspecified atom stereocenters. The Balaban J connectivity index is 2.68. The molecule has 0 saturated heterocycles. The van der Waals surface area contributed by atoms with Crippen LogP contribution in [0.15, 0.2) is 11.0 Å². The van der Waals surface area contributed by atoms with Gasteiger partial charge in [0.25, 0.3) is 5.56 Å². The van der Waals surface area contributed by atoms with E-state index in [0.29, 0.717) is 18.7 Å². The molecule has 0 amide bonds. The lowest BCUT2D eigenvalue weighted by Gasteiger charge is -2.15. The third kappa shape index (κ3) is 3.69. The van der Waals surface area contributed by atoms with E-state index in [2.05, 4.69) is 9.97 Å². The highest BCUT2D eigenvalue weighted by Gasteiger charge is 2.20. The van der Waals surface area contributed by atoms with Crippen LogP contribution >= 0.6 is 0 Å². The maximum Gasteiger partial charge on any atom is 0.293 e. The number of carbonyl (C=O) groups excluding carboxylic acids is 1. The van der Waals surface area contributed by atoms with Gasteiger partial charge in [-0.3, -0.25) is 9.59 Å². The van der Waals surface area contributed by atoms with E-state index in [4.69, 9.17) is 4.74 Å². The number of ether oxygens (including phenoxy) is 1. The number of Topliss-reactive ketones (excluding diaryl/α,β-unsaturated/α-hetero) is 1. The fourth-order valence-corrected chi connectivity index (χ4v) is 1.30. The predicted octanol–water partition coefficient (Wildman–Crippen LogP) is 1.33. The Hall–Kier alpha value is -1.65. The van der Waals surface area contributed by atoms with Crippen molar-refractivity contribution >= 4 is 5.78 Å². The molecule has 0 radical (unpaired) electrons. The van der Waals surface area contributed by atoms with E-state index in [0.717, 1.165) is 0 Å². The third-order valence-corrected chi connectivity index (χ3v) is 2.46. The molecule has 0 bridgehead atoms. The summed E-state index contributed by atoms with van der Waals surface area (Å²) in [5, 5.41) is 0. The standard InChI is InChI=1S/C12H18N2O3/c1-12(2,3)9(15)5-6-10-13-7-8(17-4)11(16)14-10/h7H,5-6H2,1-4H3,(H,13,14,16). The van der Waals surface area contributed by atoms with Crippen LogP contribution in [0.4, 0.5) is 0 Å². The van der Waals surface area contributed by atoms with Gasteiger partial charge in [-0.2, -0.15) is 0 Å². The van der Waals surface area contributed by atoms with E-state index < -0.39 is 0 Å². The normalized spacial score (nSPS) is 11.3. The minimum absolute atomic E-state index is 0.149. The van der Waals surface area contributed by atoms with Gasteiger partial charge >= 0.3 is 0 Å². The van der Waals surface area contributed by atoms with Gasteiger partial charge in [-0.15, -0.1) is 0 Å². The zero-order chi connectivity index (χ0) is 13.1. The average Bonchev–Trinajstić information content (AvgIpc) is 2.24. The highest BCUT2D eigenvalue weighted by Crippen LogP contribution is 2.17. The number of aromatic nitrogens is 2. The first kappa shape index (κ1) is 13.4. The summed E-state index contributed by atoms with van der Waals surface area (Å²) >= 11 is 0. The van der Waals surface area contributed by atoms with Gasteiger partial charge in [0.1, 0.15) is 11.6 Å². The van der Waals surface area contributed by atoms with E-state index >= 15 is 0 Å². The lowest BCUT2D eigenvalue weighted by Crippen LogP contribution is -2.21. The van der Waals surface area contributed by atoms with Crippen LogP contribution in [0.5, 0.6) is 5.75 Å². The molecule has 1 N–H and O–H groups in total. The molecule has 1 aromatic heterocycles. The lowest BCUT2D eigenvalue weighted by atomic mass is 9.88. The Morgan fingerprint density at radius 1 is 1.47 bits per heavy atom. The van der Waals surface area contributed by atoms with Gasteiger partial charge in [0.05, 0.1) is 13.3 Å². The van der Waals surface area contributed by atoms with Gasteiger partial charge in [-0.1, -0.05) is 20.8 Å². The van der Waals surface area contributed by atoms with Crippen molar-refractivity contribution in [3.8, 4) is 5.75 Å². The number of hydrogen-bond donors (Lipinski definition) is 1. The first-order valence-electron chi connectivity index (χ1n) is 5.50. The summed E-state index contributed by atoms with van der Waals surface area (Å²) in [5.41, 5.74) is -0.673. The smallest absolute Gasteiger partial charge is 0.293 e. The summed E-state index contributed by atoms with van der Waals surface area (Å²) in [4.78, 5) is 29.7. The number of carbonyl (C=O) groups is 1. The third-order valence-electron chi connectivity index (χ3n) is 2.46. The molecule has 0 saturated carbocycles. The van der Waals surface area contributed by atoms with Crippen molar-refractivity contribution in [3.63, 3.8) is 0 Å². The zero-order valence-electron chi connectivity index (χ0n) is 10.7. The van der Waals surface area contributed by atoms with Crippen molar-refractivity contribution in [1.82, 2.24) is 9.97 Å². The second kappa shape index (κ2) is 5.12. The molecule has 5 heteroatoms. The molecule has 0 fully saturated rings. The van der Waals surface area contributed by atoms with Crippen molar-refractivity contribution in [2.75, 3.05) is 7.11 Å². The van der Waals surface area contributed by atoms with Gasteiger partial charge in [0, 0.05) is 18.3 Å². The van der Waals surface area contributed by atoms with Crippen LogP contribution in [0.25, 0.3) is 0 Å². The van der Waals surface area contributed by atoms with Crippen molar-refractivity contribution in [1.29, 1.82) is 0 Å². The maximum absolute atomic E-state index is 11.7. The Morgan fingerprint density at radius 2 is 2.12 bits per heavy atom. The number of nitrogens with one attached hydrogen (secondary N) is 1. The minimum Gasteiger partial charge on any atom is -0.490 e. The van der Waals surface area contributed by atoms with Crippen molar-refractivity contribution in [2.45, 2.75) is 33.6 Å². The topological polar surface area (TPSA) is 72.0 Å². The number of aryl methyl sites for hydroxylation is 1. The van der Waals surface area contributed by atoms with Crippen LogP contribution < -0.4 is 10.3 Å². The van der Waals surface area contributed by atoms with Gasteiger partial charge in [0.2, 0.25) is 5.75 Å². The van der Waals surface area contributed by atoms with Gasteiger partial charge in [-0.05, 0) is 0 Å². The number of methoxy groups -OCH3 is 1. The lowest BCUT2D eigenvalue weighted by molar-refractivity contribution is -0.126. The maximum atomic E-state index is 11.7.